The van der Waals surface area contributed by atoms with Crippen molar-refractivity contribution in [2.75, 3.05) is 0 Å². The third-order valence-corrected chi connectivity index (χ3v) is 3.15. The summed E-state index contributed by atoms with van der Waals surface area (Å²) in [6, 6.07) is 0.389. The van der Waals surface area contributed by atoms with Gasteiger partial charge >= 0.3 is 11.9 Å². The Hall–Kier alpha value is -1.10. The van der Waals surface area contributed by atoms with Gasteiger partial charge in [0.2, 0.25) is 0 Å². The van der Waals surface area contributed by atoms with E-state index in [1.807, 2.05) is 19.6 Å². The first kappa shape index (κ1) is 12.9. The lowest BCUT2D eigenvalue weighted by molar-refractivity contribution is -0.135. The van der Waals surface area contributed by atoms with Gasteiger partial charge < -0.3 is 10.2 Å². The van der Waals surface area contributed by atoms with E-state index in [0.717, 1.165) is 0 Å². The summed E-state index contributed by atoms with van der Waals surface area (Å²) >= 11 is 0. The molecule has 0 unspecified atom stereocenters. The highest BCUT2D eigenvalue weighted by Crippen LogP contribution is 2.19. The SMILES string of the molecule is C/C(C(=O)O)=C(/C[Si](C)(C)C)C(=O)O. The highest BCUT2D eigenvalue weighted by molar-refractivity contribution is 6.77. The number of rotatable bonds is 4. The molecule has 2 N–H and O–H groups in total. The zero-order chi connectivity index (χ0) is 11.5. The second-order valence-corrected chi connectivity index (χ2v) is 9.93. The molecule has 0 radical (unpaired) electrons. The Balaban J connectivity index is 5.07. The summed E-state index contributed by atoms with van der Waals surface area (Å²) in [5, 5.41) is 17.5. The quantitative estimate of drug-likeness (QED) is 0.555. The average molecular weight is 216 g/mol. The summed E-state index contributed by atoms with van der Waals surface area (Å²) < 4.78 is 0. The minimum absolute atomic E-state index is 0.0386. The molecule has 0 spiro atoms. The highest BCUT2D eigenvalue weighted by atomic mass is 28.3. The fourth-order valence-corrected chi connectivity index (χ4v) is 2.51. The smallest absolute Gasteiger partial charge is 0.331 e. The first-order chi connectivity index (χ1) is 6.15. The molecular formula is C9H16O4Si. The Bertz CT molecular complexity index is 286. The number of hydrogen-bond acceptors (Lipinski definition) is 2. The van der Waals surface area contributed by atoms with E-state index in [4.69, 9.17) is 10.2 Å². The fraction of sp³-hybridized carbons (Fsp3) is 0.556. The third-order valence-electron chi connectivity index (χ3n) is 1.74. The van der Waals surface area contributed by atoms with Crippen molar-refractivity contribution in [3.8, 4) is 0 Å². The molecule has 4 nitrogen and oxygen atoms in total. The monoisotopic (exact) mass is 216 g/mol. The molecule has 5 heteroatoms. The van der Waals surface area contributed by atoms with Crippen LogP contribution in [-0.4, -0.2) is 30.2 Å². The van der Waals surface area contributed by atoms with Gasteiger partial charge in [0.15, 0.2) is 0 Å². The Morgan fingerprint density at radius 1 is 1.07 bits per heavy atom. The van der Waals surface area contributed by atoms with Crippen LogP contribution in [-0.2, 0) is 9.59 Å². The zero-order valence-electron chi connectivity index (χ0n) is 8.92. The molecular weight excluding hydrogens is 200 g/mol. The maximum atomic E-state index is 10.8. The number of carboxylic acid groups (broad SMARTS) is 2. The zero-order valence-corrected chi connectivity index (χ0v) is 9.92. The Kier molecular flexibility index (Phi) is 4.06. The van der Waals surface area contributed by atoms with Crippen LogP contribution in [0.2, 0.25) is 25.7 Å². The summed E-state index contributed by atoms with van der Waals surface area (Å²) in [6.07, 6.45) is 0. The standard InChI is InChI=1S/C9H16O4Si/c1-6(8(10)11)7(9(12)13)5-14(2,3)4/h5H2,1-4H3,(H,10,11)(H,12,13)/b7-6+. The van der Waals surface area contributed by atoms with Crippen LogP contribution in [0.4, 0.5) is 0 Å². The van der Waals surface area contributed by atoms with Gasteiger partial charge in [0.25, 0.3) is 0 Å². The first-order valence-electron chi connectivity index (χ1n) is 4.31. The molecule has 0 aromatic carbocycles. The van der Waals surface area contributed by atoms with Crippen molar-refractivity contribution in [1.29, 1.82) is 0 Å². The van der Waals surface area contributed by atoms with E-state index in [2.05, 4.69) is 0 Å². The van der Waals surface area contributed by atoms with Crippen molar-refractivity contribution in [2.45, 2.75) is 32.6 Å². The lowest BCUT2D eigenvalue weighted by atomic mass is 10.1. The molecule has 14 heavy (non-hydrogen) atoms. The summed E-state index contributed by atoms with van der Waals surface area (Å²) in [7, 11) is -1.59. The molecule has 0 rings (SSSR count). The molecule has 0 bridgehead atoms. The molecule has 0 aromatic heterocycles. The second kappa shape index (κ2) is 4.41. The van der Waals surface area contributed by atoms with E-state index in [0.29, 0.717) is 6.04 Å². The molecule has 0 aliphatic carbocycles. The molecule has 0 amide bonds. The second-order valence-electron chi connectivity index (χ2n) is 4.45. The molecule has 0 saturated carbocycles. The van der Waals surface area contributed by atoms with Crippen molar-refractivity contribution >= 4 is 20.0 Å². The van der Waals surface area contributed by atoms with Crippen LogP contribution in [0, 0.1) is 0 Å². The van der Waals surface area contributed by atoms with Crippen LogP contribution in [0.25, 0.3) is 0 Å². The van der Waals surface area contributed by atoms with Gasteiger partial charge in [0.1, 0.15) is 0 Å². The van der Waals surface area contributed by atoms with Crippen molar-refractivity contribution in [2.24, 2.45) is 0 Å². The van der Waals surface area contributed by atoms with Gasteiger partial charge in [0.05, 0.1) is 0 Å². The summed E-state index contributed by atoms with van der Waals surface area (Å²) in [4.78, 5) is 21.4. The van der Waals surface area contributed by atoms with Crippen LogP contribution in [0.3, 0.4) is 0 Å². The Labute approximate surface area is 84.3 Å². The van der Waals surface area contributed by atoms with E-state index in [1.54, 1.807) is 0 Å². The molecule has 0 aliphatic rings. The Morgan fingerprint density at radius 2 is 1.50 bits per heavy atom. The highest BCUT2D eigenvalue weighted by Gasteiger charge is 2.23. The van der Waals surface area contributed by atoms with Gasteiger partial charge in [-0.25, -0.2) is 9.59 Å². The predicted octanol–water partition coefficient (Wildman–Crippen LogP) is 1.81. The molecule has 0 saturated heterocycles. The lowest BCUT2D eigenvalue weighted by Crippen LogP contribution is -2.24. The number of aliphatic carboxylic acids is 2. The topological polar surface area (TPSA) is 74.6 Å². The van der Waals surface area contributed by atoms with Gasteiger partial charge in [-0.05, 0) is 13.0 Å². The number of carboxylic acids is 2. The van der Waals surface area contributed by atoms with Crippen LogP contribution in [0.1, 0.15) is 6.92 Å². The Morgan fingerprint density at radius 3 is 1.71 bits per heavy atom. The van der Waals surface area contributed by atoms with Gasteiger partial charge in [-0.1, -0.05) is 19.6 Å². The fourth-order valence-electron chi connectivity index (χ4n) is 1.03. The van der Waals surface area contributed by atoms with Crippen molar-refractivity contribution < 1.29 is 19.8 Å². The lowest BCUT2D eigenvalue weighted by Gasteiger charge is -2.16. The number of hydrogen-bond donors (Lipinski definition) is 2. The largest absolute Gasteiger partial charge is 0.478 e. The van der Waals surface area contributed by atoms with E-state index in [1.165, 1.54) is 6.92 Å². The van der Waals surface area contributed by atoms with Crippen molar-refractivity contribution in [3.05, 3.63) is 11.1 Å². The maximum absolute atomic E-state index is 10.8. The minimum atomic E-state index is -1.59. The van der Waals surface area contributed by atoms with Crippen molar-refractivity contribution in [3.63, 3.8) is 0 Å². The van der Waals surface area contributed by atoms with E-state index < -0.39 is 20.0 Å². The van der Waals surface area contributed by atoms with E-state index >= 15 is 0 Å². The molecule has 0 aliphatic heterocycles. The van der Waals surface area contributed by atoms with Crippen LogP contribution >= 0.6 is 0 Å². The minimum Gasteiger partial charge on any atom is -0.478 e. The van der Waals surface area contributed by atoms with Gasteiger partial charge in [-0.2, -0.15) is 0 Å². The third kappa shape index (κ3) is 4.22. The summed E-state index contributed by atoms with van der Waals surface area (Å²) in [6.45, 7) is 7.35. The van der Waals surface area contributed by atoms with E-state index in [-0.39, 0.29) is 11.1 Å². The maximum Gasteiger partial charge on any atom is 0.331 e. The molecule has 0 aromatic rings. The van der Waals surface area contributed by atoms with Gasteiger partial charge in [0, 0.05) is 19.2 Å². The van der Waals surface area contributed by atoms with Crippen LogP contribution in [0.15, 0.2) is 11.1 Å². The summed E-state index contributed by atoms with van der Waals surface area (Å²) in [5.41, 5.74) is -0.0170. The van der Waals surface area contributed by atoms with E-state index in [9.17, 15) is 9.59 Å². The first-order valence-corrected chi connectivity index (χ1v) is 8.02. The van der Waals surface area contributed by atoms with Crippen molar-refractivity contribution in [1.82, 2.24) is 0 Å². The summed E-state index contributed by atoms with van der Waals surface area (Å²) in [5.74, 6) is -2.27. The number of carbonyl (C=O) groups is 2. The van der Waals surface area contributed by atoms with Crippen LogP contribution < -0.4 is 0 Å². The molecule has 0 heterocycles. The van der Waals surface area contributed by atoms with Crippen LogP contribution in [0.5, 0.6) is 0 Å². The average Bonchev–Trinajstić information content (AvgIpc) is 1.96. The molecule has 0 atom stereocenters. The normalized spacial score (nSPS) is 13.4. The predicted molar refractivity (Wildman–Crippen MR) is 56.1 cm³/mol. The molecule has 0 fully saturated rings. The van der Waals surface area contributed by atoms with Gasteiger partial charge in [-0.3, -0.25) is 0 Å². The molecule has 80 valence electrons. The van der Waals surface area contributed by atoms with Gasteiger partial charge in [-0.15, -0.1) is 0 Å².